The van der Waals surface area contributed by atoms with E-state index in [1.54, 1.807) is 45.7 Å². The largest absolute Gasteiger partial charge is 0.444 e. The van der Waals surface area contributed by atoms with E-state index in [1.165, 1.54) is 0 Å². The Morgan fingerprint density at radius 1 is 1.33 bits per heavy atom. The topological polar surface area (TPSA) is 98.3 Å². The number of carbonyl (C=O) groups excluding carboxylic acids is 1. The van der Waals surface area contributed by atoms with Gasteiger partial charge in [0.15, 0.2) is 0 Å². The summed E-state index contributed by atoms with van der Waals surface area (Å²) >= 11 is 5.84. The molecule has 0 aromatic carbocycles. The van der Waals surface area contributed by atoms with E-state index < -0.39 is 17.5 Å². The van der Waals surface area contributed by atoms with E-state index in [0.717, 1.165) is 17.9 Å². The van der Waals surface area contributed by atoms with E-state index >= 15 is 0 Å². The molecule has 0 saturated carbocycles. The number of rotatable bonds is 10. The maximum absolute atomic E-state index is 11.8. The second-order valence-corrected chi connectivity index (χ2v) is 8.01. The molecule has 0 aromatic heterocycles. The van der Waals surface area contributed by atoms with E-state index in [4.69, 9.17) is 15.5 Å². The summed E-state index contributed by atoms with van der Waals surface area (Å²) in [7, 11) is 0. The van der Waals surface area contributed by atoms with Crippen LogP contribution in [-0.2, 0) is 9.57 Å². The quantitative estimate of drug-likeness (QED) is 0.178. The maximum Gasteiger partial charge on any atom is 0.411 e. The molecule has 0 spiro atoms. The van der Waals surface area contributed by atoms with E-state index in [0.29, 0.717) is 6.42 Å². The lowest BCUT2D eigenvalue weighted by Crippen LogP contribution is -2.50. The second kappa shape index (κ2) is 11.7. The standard InChI is InChI=1S/C15H30N4O3S2/c1-12(17-8-6-10-23)24-11-7-9-18-15(5,22-16)19-13(20)21-14(2,3)4/h8-9,12,23H,6-7,10-11,16H2,1-5H3,(H,19,20). The molecule has 0 aliphatic heterocycles. The Morgan fingerprint density at radius 3 is 2.54 bits per heavy atom. The first kappa shape index (κ1) is 23.2. The lowest BCUT2D eigenvalue weighted by atomic mass is 10.2. The fraction of sp³-hybridized carbons (Fsp3) is 0.800. The summed E-state index contributed by atoms with van der Waals surface area (Å²) in [5, 5.41) is 2.68. The van der Waals surface area contributed by atoms with Crippen molar-refractivity contribution in [1.29, 1.82) is 0 Å². The lowest BCUT2D eigenvalue weighted by Gasteiger charge is -2.26. The van der Waals surface area contributed by atoms with Gasteiger partial charge in [-0.2, -0.15) is 12.6 Å². The second-order valence-electron chi connectivity index (χ2n) is 6.14. The van der Waals surface area contributed by atoms with Crippen LogP contribution in [0.4, 0.5) is 4.79 Å². The van der Waals surface area contributed by atoms with E-state index in [9.17, 15) is 4.79 Å². The summed E-state index contributed by atoms with van der Waals surface area (Å²) in [4.78, 5) is 25.1. The monoisotopic (exact) mass is 378 g/mol. The molecule has 2 unspecified atom stereocenters. The van der Waals surface area contributed by atoms with Crippen molar-refractivity contribution in [1.82, 2.24) is 5.32 Å². The molecule has 0 rings (SSSR count). The Bertz CT molecular complexity index is 427. The molecular formula is C15H30N4O3S2. The third-order valence-corrected chi connectivity index (χ3v) is 3.81. The van der Waals surface area contributed by atoms with E-state index in [2.05, 4.69) is 27.9 Å². The molecule has 0 aliphatic rings. The van der Waals surface area contributed by atoms with Crippen LogP contribution in [0.5, 0.6) is 0 Å². The number of thiol groups is 1. The van der Waals surface area contributed by atoms with Gasteiger partial charge in [0, 0.05) is 25.1 Å². The molecule has 0 bridgehead atoms. The minimum atomic E-state index is -1.36. The predicted molar refractivity (Wildman–Crippen MR) is 105 cm³/mol. The Morgan fingerprint density at radius 2 is 2.00 bits per heavy atom. The van der Waals surface area contributed by atoms with Gasteiger partial charge in [-0.05, 0) is 46.3 Å². The first-order chi connectivity index (χ1) is 11.1. The number of hydrogen-bond acceptors (Lipinski definition) is 8. The van der Waals surface area contributed by atoms with Gasteiger partial charge < -0.3 is 4.74 Å². The fourth-order valence-electron chi connectivity index (χ4n) is 1.44. The summed E-state index contributed by atoms with van der Waals surface area (Å²) < 4.78 is 5.16. The predicted octanol–water partition coefficient (Wildman–Crippen LogP) is 3.01. The average Bonchev–Trinajstić information content (AvgIpc) is 2.45. The zero-order valence-corrected chi connectivity index (χ0v) is 16.8. The number of carbonyl (C=O) groups is 1. The van der Waals surface area contributed by atoms with Crippen molar-refractivity contribution in [3.63, 3.8) is 0 Å². The van der Waals surface area contributed by atoms with Gasteiger partial charge in [-0.1, -0.05) is 0 Å². The molecular weight excluding hydrogens is 348 g/mol. The van der Waals surface area contributed by atoms with Crippen molar-refractivity contribution in [2.75, 3.05) is 11.5 Å². The zero-order valence-electron chi connectivity index (χ0n) is 15.1. The number of hydrogen-bond donors (Lipinski definition) is 3. The molecule has 0 fully saturated rings. The third-order valence-electron chi connectivity index (χ3n) is 2.48. The SMILES string of the molecule is CC(N=CCCS)SCCC=NC(C)(NC(=O)OC(C)(C)C)ON. The highest BCUT2D eigenvalue weighted by atomic mass is 32.2. The van der Waals surface area contributed by atoms with Gasteiger partial charge in [0.2, 0.25) is 0 Å². The minimum Gasteiger partial charge on any atom is -0.444 e. The lowest BCUT2D eigenvalue weighted by molar-refractivity contribution is -0.0566. The van der Waals surface area contributed by atoms with E-state index in [1.807, 2.05) is 13.1 Å². The van der Waals surface area contributed by atoms with Crippen LogP contribution in [0.2, 0.25) is 0 Å². The van der Waals surface area contributed by atoms with Gasteiger partial charge >= 0.3 is 6.09 Å². The molecule has 1 amide bonds. The maximum atomic E-state index is 11.8. The van der Waals surface area contributed by atoms with Crippen LogP contribution in [-0.4, -0.2) is 46.9 Å². The minimum absolute atomic E-state index is 0.190. The molecule has 2 atom stereocenters. The summed E-state index contributed by atoms with van der Waals surface area (Å²) in [5.41, 5.74) is -0.608. The number of nitrogens with one attached hydrogen (secondary N) is 1. The number of alkyl carbamates (subject to hydrolysis) is 1. The van der Waals surface area contributed by atoms with Crippen molar-refractivity contribution in [3.8, 4) is 0 Å². The zero-order chi connectivity index (χ0) is 18.6. The molecule has 0 heterocycles. The van der Waals surface area contributed by atoms with Gasteiger partial charge in [0.05, 0.1) is 5.37 Å². The molecule has 9 heteroatoms. The Hall–Kier alpha value is -0.770. The number of amides is 1. The van der Waals surface area contributed by atoms with Crippen molar-refractivity contribution in [3.05, 3.63) is 0 Å². The Kier molecular flexibility index (Phi) is 11.4. The number of aliphatic imine (C=N–C) groups is 2. The summed E-state index contributed by atoms with van der Waals surface area (Å²) in [6.45, 7) is 8.90. The third kappa shape index (κ3) is 12.6. The van der Waals surface area contributed by atoms with Crippen molar-refractivity contribution in [2.45, 2.75) is 64.3 Å². The van der Waals surface area contributed by atoms with E-state index in [-0.39, 0.29) is 5.37 Å². The first-order valence-corrected chi connectivity index (χ1v) is 9.47. The van der Waals surface area contributed by atoms with Crippen LogP contribution in [0.3, 0.4) is 0 Å². The molecule has 0 aromatic rings. The number of thioether (sulfide) groups is 1. The van der Waals surface area contributed by atoms with Crippen LogP contribution in [0, 0.1) is 0 Å². The van der Waals surface area contributed by atoms with Gasteiger partial charge in [0.1, 0.15) is 5.60 Å². The van der Waals surface area contributed by atoms with Crippen LogP contribution in [0.15, 0.2) is 9.98 Å². The Labute approximate surface area is 154 Å². The van der Waals surface area contributed by atoms with Gasteiger partial charge in [-0.25, -0.2) is 15.7 Å². The Balaban J connectivity index is 4.25. The van der Waals surface area contributed by atoms with Crippen LogP contribution >= 0.6 is 24.4 Å². The highest BCUT2D eigenvalue weighted by Crippen LogP contribution is 2.13. The van der Waals surface area contributed by atoms with Crippen LogP contribution in [0.25, 0.3) is 0 Å². The number of ether oxygens (including phenoxy) is 1. The molecule has 0 aliphatic carbocycles. The van der Waals surface area contributed by atoms with Gasteiger partial charge in [-0.3, -0.25) is 15.1 Å². The van der Waals surface area contributed by atoms with Crippen molar-refractivity contribution in [2.24, 2.45) is 15.9 Å². The molecule has 140 valence electrons. The fourth-order valence-corrected chi connectivity index (χ4v) is 2.31. The van der Waals surface area contributed by atoms with Gasteiger partial charge in [-0.15, -0.1) is 11.8 Å². The highest BCUT2D eigenvalue weighted by Gasteiger charge is 2.28. The first-order valence-electron chi connectivity index (χ1n) is 7.78. The number of nitrogens with zero attached hydrogens (tertiary/aromatic N) is 2. The van der Waals surface area contributed by atoms with Crippen LogP contribution in [0.1, 0.15) is 47.5 Å². The van der Waals surface area contributed by atoms with Gasteiger partial charge in [0.25, 0.3) is 5.85 Å². The molecule has 0 saturated heterocycles. The average molecular weight is 379 g/mol. The smallest absolute Gasteiger partial charge is 0.411 e. The molecule has 7 nitrogen and oxygen atoms in total. The molecule has 0 radical (unpaired) electrons. The van der Waals surface area contributed by atoms with Crippen molar-refractivity contribution < 1.29 is 14.4 Å². The summed E-state index contributed by atoms with van der Waals surface area (Å²) in [6, 6.07) is 0. The molecule has 24 heavy (non-hydrogen) atoms. The van der Waals surface area contributed by atoms with Crippen molar-refractivity contribution >= 4 is 42.9 Å². The van der Waals surface area contributed by atoms with Crippen LogP contribution < -0.4 is 11.2 Å². The normalized spacial score (nSPS) is 16.3. The summed E-state index contributed by atoms with van der Waals surface area (Å²) in [6.07, 6.45) is 4.49. The number of nitrogens with two attached hydrogens (primary N) is 1. The highest BCUT2D eigenvalue weighted by molar-refractivity contribution is 7.99. The molecule has 3 N–H and O–H groups in total. The summed E-state index contributed by atoms with van der Waals surface area (Å²) in [5.74, 6) is 5.52.